The Morgan fingerprint density at radius 3 is 2.53 bits per heavy atom. The quantitative estimate of drug-likeness (QED) is 0.700. The molecule has 82 valence electrons. The molecule has 0 aliphatic carbocycles. The van der Waals surface area contributed by atoms with Gasteiger partial charge in [0.25, 0.3) is 0 Å². The number of anilines is 1. The first-order chi connectivity index (χ1) is 6.82. The highest BCUT2D eigenvalue weighted by Gasteiger charge is 2.17. The molecular weight excluding hydrogens is 302 g/mol. The number of hydrogen-bond donors (Lipinski definition) is 3. The number of nitrogens with one attached hydrogen (secondary N) is 1. The van der Waals surface area contributed by atoms with Crippen molar-refractivity contribution in [2.24, 2.45) is 10.9 Å². The van der Waals surface area contributed by atoms with E-state index in [0.29, 0.717) is 4.47 Å². The summed E-state index contributed by atoms with van der Waals surface area (Å²) in [7, 11) is -3.83. The Morgan fingerprint density at radius 1 is 1.47 bits per heavy atom. The van der Waals surface area contributed by atoms with Gasteiger partial charge in [0.05, 0.1) is 5.69 Å². The normalized spacial score (nSPS) is 11.1. The van der Waals surface area contributed by atoms with Gasteiger partial charge in [-0.3, -0.25) is 0 Å². The predicted octanol–water partition coefficient (Wildman–Crippen LogP) is 0.752. The van der Waals surface area contributed by atoms with Gasteiger partial charge in [-0.05, 0) is 40.3 Å². The SMILES string of the molecule is NC(=S)Nc1cccc(Br)c1S(N)(=O)=O. The number of rotatable bonds is 2. The number of thiocarbonyl (C=S) groups is 1. The van der Waals surface area contributed by atoms with E-state index in [1.54, 1.807) is 12.1 Å². The molecule has 0 fully saturated rings. The van der Waals surface area contributed by atoms with Crippen LogP contribution in [0, 0.1) is 0 Å². The largest absolute Gasteiger partial charge is 0.376 e. The van der Waals surface area contributed by atoms with Crippen LogP contribution in [0.4, 0.5) is 5.69 Å². The summed E-state index contributed by atoms with van der Waals surface area (Å²) < 4.78 is 22.9. The number of hydrogen-bond acceptors (Lipinski definition) is 3. The molecule has 0 heterocycles. The van der Waals surface area contributed by atoms with Crippen LogP contribution in [0.2, 0.25) is 0 Å². The lowest BCUT2D eigenvalue weighted by molar-refractivity contribution is 0.597. The summed E-state index contributed by atoms with van der Waals surface area (Å²) >= 11 is 7.71. The van der Waals surface area contributed by atoms with E-state index in [2.05, 4.69) is 33.5 Å². The van der Waals surface area contributed by atoms with Crippen LogP contribution < -0.4 is 16.2 Å². The fraction of sp³-hybridized carbons (Fsp3) is 0. The molecule has 1 rings (SSSR count). The first-order valence-corrected chi connectivity index (χ1v) is 6.45. The van der Waals surface area contributed by atoms with Crippen molar-refractivity contribution in [3.05, 3.63) is 22.7 Å². The van der Waals surface area contributed by atoms with Crippen LogP contribution >= 0.6 is 28.1 Å². The van der Waals surface area contributed by atoms with Gasteiger partial charge in [-0.1, -0.05) is 6.07 Å². The molecule has 0 amide bonds. The summed E-state index contributed by atoms with van der Waals surface area (Å²) in [6.45, 7) is 0. The Balaban J connectivity index is 3.40. The second-order valence-electron chi connectivity index (χ2n) is 2.65. The van der Waals surface area contributed by atoms with Crippen molar-refractivity contribution in [2.45, 2.75) is 4.90 Å². The van der Waals surface area contributed by atoms with Gasteiger partial charge in [-0.25, -0.2) is 13.6 Å². The fourth-order valence-electron chi connectivity index (χ4n) is 1.03. The Labute approximate surface area is 101 Å². The zero-order valence-electron chi connectivity index (χ0n) is 7.40. The van der Waals surface area contributed by atoms with Crippen molar-refractivity contribution in [3.63, 3.8) is 0 Å². The van der Waals surface area contributed by atoms with E-state index in [1.165, 1.54) is 6.07 Å². The maximum Gasteiger partial charge on any atom is 0.241 e. The summed E-state index contributed by atoms with van der Waals surface area (Å²) in [5, 5.41) is 7.56. The van der Waals surface area contributed by atoms with E-state index in [4.69, 9.17) is 10.9 Å². The third-order valence-electron chi connectivity index (χ3n) is 1.51. The van der Waals surface area contributed by atoms with Crippen molar-refractivity contribution in [2.75, 3.05) is 5.32 Å². The molecule has 0 saturated heterocycles. The monoisotopic (exact) mass is 309 g/mol. The minimum atomic E-state index is -3.83. The van der Waals surface area contributed by atoms with E-state index >= 15 is 0 Å². The van der Waals surface area contributed by atoms with Crippen LogP contribution in [-0.2, 0) is 10.0 Å². The molecule has 1 aromatic rings. The van der Waals surface area contributed by atoms with E-state index in [9.17, 15) is 8.42 Å². The number of benzene rings is 1. The predicted molar refractivity (Wildman–Crippen MR) is 65.9 cm³/mol. The molecule has 0 atom stereocenters. The first-order valence-electron chi connectivity index (χ1n) is 3.70. The smallest absolute Gasteiger partial charge is 0.241 e. The van der Waals surface area contributed by atoms with Crippen LogP contribution in [0.15, 0.2) is 27.6 Å². The van der Waals surface area contributed by atoms with Crippen LogP contribution in [-0.4, -0.2) is 13.5 Å². The third-order valence-corrected chi connectivity index (χ3v) is 3.54. The Bertz CT molecular complexity index is 501. The zero-order valence-corrected chi connectivity index (χ0v) is 10.6. The molecule has 0 unspecified atom stereocenters. The Hall–Kier alpha value is -0.700. The van der Waals surface area contributed by atoms with Gasteiger partial charge < -0.3 is 11.1 Å². The average Bonchev–Trinajstić information content (AvgIpc) is 1.99. The molecule has 8 heteroatoms. The lowest BCUT2D eigenvalue weighted by Crippen LogP contribution is -2.22. The highest BCUT2D eigenvalue weighted by molar-refractivity contribution is 9.10. The Kier molecular flexibility index (Phi) is 3.66. The second kappa shape index (κ2) is 4.44. The zero-order chi connectivity index (χ0) is 11.6. The summed E-state index contributed by atoms with van der Waals surface area (Å²) in [6, 6.07) is 4.72. The maximum atomic E-state index is 11.3. The minimum Gasteiger partial charge on any atom is -0.376 e. The van der Waals surface area contributed by atoms with Crippen LogP contribution in [0.5, 0.6) is 0 Å². The van der Waals surface area contributed by atoms with Crippen molar-refractivity contribution in [1.29, 1.82) is 0 Å². The molecule has 0 radical (unpaired) electrons. The molecule has 5 nitrogen and oxygen atoms in total. The van der Waals surface area contributed by atoms with Crippen molar-refractivity contribution in [1.82, 2.24) is 0 Å². The van der Waals surface area contributed by atoms with Crippen LogP contribution in [0.1, 0.15) is 0 Å². The number of nitrogens with two attached hydrogens (primary N) is 2. The standard InChI is InChI=1S/C7H8BrN3O2S2/c8-4-2-1-3-5(11-7(9)14)6(4)15(10,12)13/h1-3H,(H3,9,11,14)(H2,10,12,13). The molecule has 1 aromatic carbocycles. The lowest BCUT2D eigenvalue weighted by Gasteiger charge is -2.10. The second-order valence-corrected chi connectivity index (χ2v) is 5.44. The number of sulfonamides is 1. The van der Waals surface area contributed by atoms with Gasteiger partial charge in [0.15, 0.2) is 5.11 Å². The summed E-state index contributed by atoms with van der Waals surface area (Å²) in [5.74, 6) is 0. The molecule has 0 saturated carbocycles. The number of halogens is 1. The van der Waals surface area contributed by atoms with E-state index in [0.717, 1.165) is 0 Å². The van der Waals surface area contributed by atoms with Gasteiger partial charge in [-0.15, -0.1) is 0 Å². The van der Waals surface area contributed by atoms with Crippen LogP contribution in [0.25, 0.3) is 0 Å². The topological polar surface area (TPSA) is 98.2 Å². The number of primary sulfonamides is 1. The molecule has 5 N–H and O–H groups in total. The van der Waals surface area contributed by atoms with Crippen LogP contribution in [0.3, 0.4) is 0 Å². The van der Waals surface area contributed by atoms with E-state index in [-0.39, 0.29) is 15.7 Å². The molecule has 0 aliphatic rings. The van der Waals surface area contributed by atoms with Gasteiger partial charge >= 0.3 is 0 Å². The van der Waals surface area contributed by atoms with Crippen molar-refractivity contribution in [3.8, 4) is 0 Å². The molecule has 0 bridgehead atoms. The fourth-order valence-corrected chi connectivity index (χ4v) is 2.95. The molecule has 0 aliphatic heterocycles. The molecule has 0 aromatic heterocycles. The molecule has 0 spiro atoms. The third kappa shape index (κ3) is 3.13. The summed E-state index contributed by atoms with van der Waals surface area (Å²) in [4.78, 5) is -0.0715. The lowest BCUT2D eigenvalue weighted by atomic mass is 10.3. The molecular formula is C7H8BrN3O2S2. The maximum absolute atomic E-state index is 11.3. The van der Waals surface area contributed by atoms with Crippen molar-refractivity contribution >= 4 is 49.0 Å². The van der Waals surface area contributed by atoms with E-state index < -0.39 is 10.0 Å². The van der Waals surface area contributed by atoms with Gasteiger partial charge in [0.1, 0.15) is 4.90 Å². The van der Waals surface area contributed by atoms with E-state index in [1.807, 2.05) is 0 Å². The Morgan fingerprint density at radius 2 is 2.07 bits per heavy atom. The highest BCUT2D eigenvalue weighted by Crippen LogP contribution is 2.28. The van der Waals surface area contributed by atoms with Crippen molar-refractivity contribution < 1.29 is 8.42 Å². The van der Waals surface area contributed by atoms with Gasteiger partial charge in [0.2, 0.25) is 10.0 Å². The minimum absolute atomic E-state index is 0.0296. The van der Waals surface area contributed by atoms with Gasteiger partial charge in [-0.2, -0.15) is 0 Å². The first kappa shape index (κ1) is 12.4. The highest BCUT2D eigenvalue weighted by atomic mass is 79.9. The average molecular weight is 310 g/mol. The summed E-state index contributed by atoms with van der Waals surface area (Å²) in [6.07, 6.45) is 0. The van der Waals surface area contributed by atoms with Gasteiger partial charge in [0, 0.05) is 4.47 Å². The summed E-state index contributed by atoms with van der Waals surface area (Å²) in [5.41, 5.74) is 5.51. The molecule has 15 heavy (non-hydrogen) atoms.